The van der Waals surface area contributed by atoms with Gasteiger partial charge in [-0.3, -0.25) is 39.1 Å². The van der Waals surface area contributed by atoms with E-state index in [1.54, 1.807) is 0 Å². The number of rotatable bonds is 5. The third-order valence-electron chi connectivity index (χ3n) is 6.20. The van der Waals surface area contributed by atoms with Crippen LogP contribution in [0.15, 0.2) is 66.7 Å². The number of hydrogen-bond donors (Lipinski definition) is 0. The van der Waals surface area contributed by atoms with Crippen LogP contribution >= 0.6 is 0 Å². The lowest BCUT2D eigenvalue weighted by Gasteiger charge is -2.25. The maximum Gasteiger partial charge on any atom is 0.326 e. The van der Waals surface area contributed by atoms with E-state index in [0.29, 0.717) is 16.3 Å². The van der Waals surface area contributed by atoms with Crippen LogP contribution in [0.1, 0.15) is 31.8 Å². The van der Waals surface area contributed by atoms with Crippen molar-refractivity contribution in [3.63, 3.8) is 0 Å². The molecule has 0 aliphatic carbocycles. The normalized spacial score (nSPS) is 14.0. The van der Waals surface area contributed by atoms with Crippen LogP contribution < -0.4 is 4.90 Å². The van der Waals surface area contributed by atoms with Gasteiger partial charge in [-0.15, -0.1) is 0 Å². The fourth-order valence-electron chi connectivity index (χ4n) is 4.54. The number of amides is 3. The lowest BCUT2D eigenvalue weighted by Crippen LogP contribution is -2.37. The van der Waals surface area contributed by atoms with Crippen molar-refractivity contribution in [1.29, 1.82) is 0 Å². The van der Waals surface area contributed by atoms with E-state index in [1.807, 2.05) is 48.5 Å². The zero-order chi connectivity index (χ0) is 25.4. The van der Waals surface area contributed by atoms with Gasteiger partial charge < -0.3 is 4.74 Å². The average Bonchev–Trinajstić information content (AvgIpc) is 3.03. The van der Waals surface area contributed by atoms with Crippen molar-refractivity contribution in [1.82, 2.24) is 4.90 Å². The number of anilines is 2. The fourth-order valence-corrected chi connectivity index (χ4v) is 4.54. The number of para-hydroxylation sites is 2. The summed E-state index contributed by atoms with van der Waals surface area (Å²) in [6.07, 6.45) is 1.48. The second-order valence-corrected chi connectivity index (χ2v) is 8.30. The fraction of sp³-hybridized carbons (Fsp3) is 0.154. The van der Waals surface area contributed by atoms with E-state index in [4.69, 9.17) is 4.74 Å². The van der Waals surface area contributed by atoms with Gasteiger partial charge in [-0.2, -0.15) is 0 Å². The number of imide groups is 1. The molecule has 0 saturated heterocycles. The standard InChI is InChI=1S/C26H19N3O7/c30-22(28-19-9-3-1-6-16(19)12-13-17-7-2-4-10-20(17)28)15-36-23(31)14-27-25(32)18-8-5-11-21(29(34)35)24(18)26(27)33/h1-11H,12-15H2. The summed E-state index contributed by atoms with van der Waals surface area (Å²) in [5.74, 6) is -3.28. The van der Waals surface area contributed by atoms with Crippen LogP contribution in [0.2, 0.25) is 0 Å². The molecule has 0 unspecified atom stereocenters. The molecule has 3 aromatic carbocycles. The minimum Gasteiger partial charge on any atom is -0.454 e. The molecule has 0 N–H and O–H groups in total. The molecule has 0 atom stereocenters. The van der Waals surface area contributed by atoms with Crippen molar-refractivity contribution in [2.24, 2.45) is 0 Å². The molecule has 2 aliphatic heterocycles. The van der Waals surface area contributed by atoms with Crippen LogP contribution in [0.5, 0.6) is 0 Å². The summed E-state index contributed by atoms with van der Waals surface area (Å²) in [4.78, 5) is 63.7. The quantitative estimate of drug-likeness (QED) is 0.235. The first-order chi connectivity index (χ1) is 17.4. The van der Waals surface area contributed by atoms with E-state index in [1.165, 1.54) is 17.0 Å². The van der Waals surface area contributed by atoms with Gasteiger partial charge in [0.15, 0.2) is 6.61 Å². The molecular formula is C26H19N3O7. The molecule has 3 aromatic rings. The largest absolute Gasteiger partial charge is 0.454 e. The van der Waals surface area contributed by atoms with Gasteiger partial charge in [-0.25, -0.2) is 0 Å². The number of nitro benzene ring substituents is 1. The Hall–Kier alpha value is -4.86. The molecule has 5 rings (SSSR count). The number of carbonyl (C=O) groups excluding carboxylic acids is 4. The predicted octanol–water partition coefficient (Wildman–Crippen LogP) is 3.20. The average molecular weight is 485 g/mol. The van der Waals surface area contributed by atoms with E-state index >= 15 is 0 Å². The molecule has 10 nitrogen and oxygen atoms in total. The Kier molecular flexibility index (Phi) is 5.77. The summed E-state index contributed by atoms with van der Waals surface area (Å²) in [6.45, 7) is -1.39. The van der Waals surface area contributed by atoms with Gasteiger partial charge in [0.25, 0.3) is 23.4 Å². The molecule has 10 heteroatoms. The second kappa shape index (κ2) is 9.06. The van der Waals surface area contributed by atoms with E-state index < -0.39 is 47.5 Å². The Labute approximate surface area is 204 Å². The van der Waals surface area contributed by atoms with Crippen molar-refractivity contribution in [2.45, 2.75) is 12.8 Å². The minimum absolute atomic E-state index is 0.157. The molecule has 180 valence electrons. The number of carbonyl (C=O) groups is 4. The Bertz CT molecular complexity index is 1400. The van der Waals surface area contributed by atoms with Gasteiger partial charge in [0.05, 0.1) is 21.9 Å². The monoisotopic (exact) mass is 485 g/mol. The molecule has 0 radical (unpaired) electrons. The lowest BCUT2D eigenvalue weighted by atomic mass is 10.0. The van der Waals surface area contributed by atoms with E-state index in [0.717, 1.165) is 30.0 Å². The van der Waals surface area contributed by atoms with Crippen molar-refractivity contribution in [2.75, 3.05) is 18.1 Å². The minimum atomic E-state index is -0.989. The van der Waals surface area contributed by atoms with Crippen LogP contribution in [-0.2, 0) is 27.2 Å². The molecular weight excluding hydrogens is 466 g/mol. The smallest absolute Gasteiger partial charge is 0.326 e. The van der Waals surface area contributed by atoms with Crippen molar-refractivity contribution in [3.8, 4) is 0 Å². The Balaban J connectivity index is 1.32. The lowest BCUT2D eigenvalue weighted by molar-refractivity contribution is -0.385. The van der Waals surface area contributed by atoms with E-state index in [2.05, 4.69) is 0 Å². The van der Waals surface area contributed by atoms with E-state index in [9.17, 15) is 29.3 Å². The highest BCUT2D eigenvalue weighted by molar-refractivity contribution is 6.24. The number of benzene rings is 3. The predicted molar refractivity (Wildman–Crippen MR) is 127 cm³/mol. The highest BCUT2D eigenvalue weighted by Gasteiger charge is 2.42. The maximum atomic E-state index is 13.3. The number of hydrogen-bond acceptors (Lipinski definition) is 7. The highest BCUT2D eigenvalue weighted by atomic mass is 16.6. The highest BCUT2D eigenvalue weighted by Crippen LogP contribution is 2.36. The van der Waals surface area contributed by atoms with Crippen LogP contribution in [0.25, 0.3) is 0 Å². The number of ether oxygens (including phenoxy) is 1. The van der Waals surface area contributed by atoms with Gasteiger partial charge in [-0.1, -0.05) is 42.5 Å². The SMILES string of the molecule is O=C(CN1C(=O)c2cccc([N+](=O)[O-])c2C1=O)OCC(=O)N1c2ccccc2CCc2ccccc21. The summed E-state index contributed by atoms with van der Waals surface area (Å²) in [5, 5.41) is 11.3. The molecule has 0 spiro atoms. The topological polar surface area (TPSA) is 127 Å². The molecule has 3 amide bonds. The van der Waals surface area contributed by atoms with E-state index in [-0.39, 0.29) is 11.1 Å². The Morgan fingerprint density at radius 1 is 0.861 bits per heavy atom. The van der Waals surface area contributed by atoms with Crippen LogP contribution in [0.3, 0.4) is 0 Å². The number of aryl methyl sites for hydroxylation is 2. The van der Waals surface area contributed by atoms with Gasteiger partial charge in [-0.05, 0) is 42.2 Å². The van der Waals surface area contributed by atoms with Crippen molar-refractivity contribution >= 4 is 40.8 Å². The maximum absolute atomic E-state index is 13.3. The number of esters is 1. The first-order valence-electron chi connectivity index (χ1n) is 11.1. The summed E-state index contributed by atoms with van der Waals surface area (Å²) >= 11 is 0. The molecule has 0 fully saturated rings. The summed E-state index contributed by atoms with van der Waals surface area (Å²) in [7, 11) is 0. The molecule has 2 heterocycles. The van der Waals surface area contributed by atoms with Crippen LogP contribution in [0.4, 0.5) is 17.1 Å². The first-order valence-corrected chi connectivity index (χ1v) is 11.1. The van der Waals surface area contributed by atoms with Crippen LogP contribution in [0, 0.1) is 10.1 Å². The third-order valence-corrected chi connectivity index (χ3v) is 6.20. The van der Waals surface area contributed by atoms with Gasteiger partial charge in [0, 0.05) is 6.07 Å². The Morgan fingerprint density at radius 3 is 2.08 bits per heavy atom. The second-order valence-electron chi connectivity index (χ2n) is 8.30. The van der Waals surface area contributed by atoms with Crippen LogP contribution in [-0.4, -0.2) is 46.7 Å². The molecule has 0 aromatic heterocycles. The summed E-state index contributed by atoms with van der Waals surface area (Å²) in [6, 6.07) is 18.6. The van der Waals surface area contributed by atoms with Crippen molar-refractivity contribution in [3.05, 3.63) is 99.1 Å². The van der Waals surface area contributed by atoms with Gasteiger partial charge >= 0.3 is 5.97 Å². The number of fused-ring (bicyclic) bond motifs is 3. The third kappa shape index (κ3) is 3.88. The molecule has 2 aliphatic rings. The Morgan fingerprint density at radius 2 is 1.47 bits per heavy atom. The van der Waals surface area contributed by atoms with Gasteiger partial charge in [0.2, 0.25) is 0 Å². The molecule has 0 bridgehead atoms. The zero-order valence-electron chi connectivity index (χ0n) is 18.9. The van der Waals surface area contributed by atoms with Crippen molar-refractivity contribution < 1.29 is 28.8 Å². The zero-order valence-corrected chi connectivity index (χ0v) is 18.9. The molecule has 36 heavy (non-hydrogen) atoms. The summed E-state index contributed by atoms with van der Waals surface area (Å²) in [5.41, 5.74) is 2.29. The molecule has 0 saturated carbocycles. The first kappa shape index (κ1) is 22.9. The number of nitro groups is 1. The van der Waals surface area contributed by atoms with Gasteiger partial charge in [0.1, 0.15) is 12.1 Å². The number of nitrogens with zero attached hydrogens (tertiary/aromatic N) is 3. The summed E-state index contributed by atoms with van der Waals surface area (Å²) < 4.78 is 5.15.